The van der Waals surface area contributed by atoms with Gasteiger partial charge in [0.25, 0.3) is 0 Å². The molecule has 2 rings (SSSR count). The largest absolute Gasteiger partial charge is 0.404 e. The SMILES string of the molecule is C=C(N=C(/C=C\N)N1CC[C@H](NC)C1)NCc1ccccn1. The number of aliphatic imine (C=N–C) groups is 1. The molecule has 4 N–H and O–H groups in total. The van der Waals surface area contributed by atoms with Crippen LogP contribution in [-0.2, 0) is 6.54 Å². The van der Waals surface area contributed by atoms with Crippen molar-refractivity contribution < 1.29 is 0 Å². The summed E-state index contributed by atoms with van der Waals surface area (Å²) in [4.78, 5) is 11.0. The summed E-state index contributed by atoms with van der Waals surface area (Å²) < 4.78 is 0. The van der Waals surface area contributed by atoms with Crippen molar-refractivity contribution in [1.82, 2.24) is 20.5 Å². The minimum atomic E-state index is 0.492. The fraction of sp³-hybridized carbons (Fsp3) is 0.375. The smallest absolute Gasteiger partial charge is 0.132 e. The van der Waals surface area contributed by atoms with Crippen molar-refractivity contribution in [2.24, 2.45) is 10.7 Å². The van der Waals surface area contributed by atoms with Gasteiger partial charge in [-0.15, -0.1) is 0 Å². The second-order valence-corrected chi connectivity index (χ2v) is 5.17. The Balaban J connectivity index is 1.95. The van der Waals surface area contributed by atoms with E-state index in [1.807, 2.05) is 31.3 Å². The molecular formula is C16H24N6. The van der Waals surface area contributed by atoms with Crippen molar-refractivity contribution in [2.75, 3.05) is 20.1 Å². The minimum absolute atomic E-state index is 0.492. The highest BCUT2D eigenvalue weighted by atomic mass is 15.2. The van der Waals surface area contributed by atoms with E-state index in [-0.39, 0.29) is 0 Å². The zero-order valence-corrected chi connectivity index (χ0v) is 13.0. The number of amidine groups is 1. The molecule has 1 fully saturated rings. The summed E-state index contributed by atoms with van der Waals surface area (Å²) in [6.45, 7) is 6.44. The molecule has 1 aliphatic heterocycles. The lowest BCUT2D eigenvalue weighted by Crippen LogP contribution is -2.33. The molecule has 0 radical (unpaired) electrons. The van der Waals surface area contributed by atoms with E-state index < -0.39 is 0 Å². The summed E-state index contributed by atoms with van der Waals surface area (Å²) in [6, 6.07) is 6.31. The Hall–Kier alpha value is -2.34. The van der Waals surface area contributed by atoms with Crippen molar-refractivity contribution in [2.45, 2.75) is 19.0 Å². The van der Waals surface area contributed by atoms with Crippen LogP contribution in [0.15, 0.2) is 54.1 Å². The molecule has 0 spiro atoms. The van der Waals surface area contributed by atoms with Crippen LogP contribution < -0.4 is 16.4 Å². The van der Waals surface area contributed by atoms with Gasteiger partial charge >= 0.3 is 0 Å². The second-order valence-electron chi connectivity index (χ2n) is 5.17. The Kier molecular flexibility index (Phi) is 5.97. The van der Waals surface area contributed by atoms with E-state index >= 15 is 0 Å². The summed E-state index contributed by atoms with van der Waals surface area (Å²) in [5, 5.41) is 6.47. The molecule has 0 unspecified atom stereocenters. The minimum Gasteiger partial charge on any atom is -0.404 e. The van der Waals surface area contributed by atoms with Crippen molar-refractivity contribution in [3.63, 3.8) is 0 Å². The monoisotopic (exact) mass is 300 g/mol. The molecule has 0 saturated carbocycles. The van der Waals surface area contributed by atoms with Crippen LogP contribution in [0.25, 0.3) is 0 Å². The van der Waals surface area contributed by atoms with Gasteiger partial charge in [0, 0.05) is 25.3 Å². The molecular weight excluding hydrogens is 276 g/mol. The molecule has 6 heteroatoms. The van der Waals surface area contributed by atoms with Gasteiger partial charge in [-0.2, -0.15) is 0 Å². The van der Waals surface area contributed by atoms with E-state index in [9.17, 15) is 0 Å². The third-order valence-corrected chi connectivity index (χ3v) is 3.62. The fourth-order valence-corrected chi connectivity index (χ4v) is 2.38. The zero-order valence-electron chi connectivity index (χ0n) is 13.0. The maximum atomic E-state index is 5.54. The van der Waals surface area contributed by atoms with Gasteiger partial charge in [0.1, 0.15) is 11.7 Å². The highest BCUT2D eigenvalue weighted by molar-refractivity contribution is 5.93. The number of hydrogen-bond acceptors (Lipinski definition) is 5. The van der Waals surface area contributed by atoms with Crippen LogP contribution in [0.2, 0.25) is 0 Å². The first-order valence-corrected chi connectivity index (χ1v) is 7.44. The topological polar surface area (TPSA) is 78.6 Å². The van der Waals surface area contributed by atoms with Gasteiger partial charge < -0.3 is 21.3 Å². The fourth-order valence-electron chi connectivity index (χ4n) is 2.38. The highest BCUT2D eigenvalue weighted by Gasteiger charge is 2.22. The lowest BCUT2D eigenvalue weighted by Gasteiger charge is -2.19. The second kappa shape index (κ2) is 8.19. The first kappa shape index (κ1) is 16.0. The Labute approximate surface area is 131 Å². The average molecular weight is 300 g/mol. The lowest BCUT2D eigenvalue weighted by atomic mass is 10.3. The van der Waals surface area contributed by atoms with E-state index in [4.69, 9.17) is 5.73 Å². The van der Waals surface area contributed by atoms with Gasteiger partial charge in [0.2, 0.25) is 0 Å². The quantitative estimate of drug-likeness (QED) is 0.535. The first-order chi connectivity index (χ1) is 10.7. The molecule has 1 atom stereocenters. The molecule has 1 aromatic heterocycles. The number of nitrogens with one attached hydrogen (secondary N) is 2. The summed E-state index contributed by atoms with van der Waals surface area (Å²) >= 11 is 0. The number of likely N-dealkylation sites (N-methyl/N-ethyl adjacent to an activating group) is 1. The number of nitrogens with two attached hydrogens (primary N) is 1. The van der Waals surface area contributed by atoms with Gasteiger partial charge in [0.15, 0.2) is 0 Å². The molecule has 6 nitrogen and oxygen atoms in total. The van der Waals surface area contributed by atoms with E-state index in [2.05, 4.69) is 32.1 Å². The average Bonchev–Trinajstić information content (AvgIpc) is 3.02. The molecule has 22 heavy (non-hydrogen) atoms. The van der Waals surface area contributed by atoms with Crippen LogP contribution >= 0.6 is 0 Å². The molecule has 2 heterocycles. The van der Waals surface area contributed by atoms with Gasteiger partial charge in [-0.25, -0.2) is 4.99 Å². The van der Waals surface area contributed by atoms with Crippen LogP contribution in [-0.4, -0.2) is 41.9 Å². The van der Waals surface area contributed by atoms with E-state index in [0.717, 1.165) is 31.0 Å². The number of rotatable bonds is 6. The molecule has 0 amide bonds. The van der Waals surface area contributed by atoms with Crippen molar-refractivity contribution >= 4 is 5.84 Å². The third-order valence-electron chi connectivity index (χ3n) is 3.62. The third kappa shape index (κ3) is 4.60. The van der Waals surface area contributed by atoms with E-state index in [1.165, 1.54) is 6.20 Å². The van der Waals surface area contributed by atoms with Gasteiger partial charge in [-0.05, 0) is 37.9 Å². The Bertz CT molecular complexity index is 537. The van der Waals surface area contributed by atoms with Gasteiger partial charge in [-0.3, -0.25) is 4.98 Å². The Morgan fingerprint density at radius 3 is 3.09 bits per heavy atom. The molecule has 1 aromatic rings. The normalized spacial score (nSPS) is 18.9. The van der Waals surface area contributed by atoms with Crippen molar-refractivity contribution in [1.29, 1.82) is 0 Å². The van der Waals surface area contributed by atoms with Crippen LogP contribution in [0.3, 0.4) is 0 Å². The van der Waals surface area contributed by atoms with Crippen LogP contribution in [0.5, 0.6) is 0 Å². The standard InChI is InChI=1S/C16H24N6/c1-13(20-11-14-5-3-4-9-19-14)21-16(6-8-17)22-10-7-15(12-22)18-2/h3-6,8-9,15,18,20H,1,7,10-12,17H2,2H3/b8-6-,21-16?/t15-/m0/s1. The Morgan fingerprint density at radius 2 is 2.45 bits per heavy atom. The summed E-state index contributed by atoms with van der Waals surface area (Å²) in [5.41, 5.74) is 6.49. The van der Waals surface area contributed by atoms with Gasteiger partial charge in [0.05, 0.1) is 12.2 Å². The summed E-state index contributed by atoms with van der Waals surface area (Å²) in [6.07, 6.45) is 6.19. The molecule has 1 aliphatic rings. The molecule has 0 aromatic carbocycles. The number of likely N-dealkylation sites (tertiary alicyclic amines) is 1. The molecule has 118 valence electrons. The number of hydrogen-bond donors (Lipinski definition) is 3. The van der Waals surface area contributed by atoms with Crippen molar-refractivity contribution in [3.8, 4) is 0 Å². The lowest BCUT2D eigenvalue weighted by molar-refractivity contribution is 0.494. The summed E-state index contributed by atoms with van der Waals surface area (Å²) in [5.74, 6) is 1.44. The molecule has 1 saturated heterocycles. The number of aromatic nitrogens is 1. The van der Waals surface area contributed by atoms with Crippen LogP contribution in [0, 0.1) is 0 Å². The zero-order chi connectivity index (χ0) is 15.8. The number of pyridine rings is 1. The predicted molar refractivity (Wildman–Crippen MR) is 90.0 cm³/mol. The van der Waals surface area contributed by atoms with Crippen LogP contribution in [0.1, 0.15) is 12.1 Å². The first-order valence-electron chi connectivity index (χ1n) is 7.44. The molecule has 0 bridgehead atoms. The predicted octanol–water partition coefficient (Wildman–Crippen LogP) is 0.807. The summed E-state index contributed by atoms with van der Waals surface area (Å²) in [7, 11) is 1.98. The van der Waals surface area contributed by atoms with Crippen molar-refractivity contribution in [3.05, 3.63) is 54.8 Å². The number of nitrogens with zero attached hydrogens (tertiary/aromatic N) is 3. The van der Waals surface area contributed by atoms with Gasteiger partial charge in [-0.1, -0.05) is 12.6 Å². The van der Waals surface area contributed by atoms with E-state index in [0.29, 0.717) is 18.4 Å². The molecule has 0 aliphatic carbocycles. The maximum absolute atomic E-state index is 5.54. The Morgan fingerprint density at radius 1 is 1.59 bits per heavy atom. The van der Waals surface area contributed by atoms with E-state index in [1.54, 1.807) is 6.20 Å². The highest BCUT2D eigenvalue weighted by Crippen LogP contribution is 2.11. The van der Waals surface area contributed by atoms with Crippen LogP contribution in [0.4, 0.5) is 0 Å². The maximum Gasteiger partial charge on any atom is 0.132 e.